The Labute approximate surface area is 149 Å². The van der Waals surface area contributed by atoms with Crippen molar-refractivity contribution in [1.82, 2.24) is 0 Å². The van der Waals surface area contributed by atoms with Crippen molar-refractivity contribution in [2.75, 3.05) is 6.61 Å². The zero-order valence-electron chi connectivity index (χ0n) is 15.4. The molecular formula is C19H40O3S. The summed E-state index contributed by atoms with van der Waals surface area (Å²) in [5.74, 6) is 0. The SMILES string of the molecule is CC(O)CO.CCCCCCCCCCCCCCCC(=O)S. The summed E-state index contributed by atoms with van der Waals surface area (Å²) in [7, 11) is 0. The highest BCUT2D eigenvalue weighted by molar-refractivity contribution is 7.96. The molecule has 1 atom stereocenters. The molecule has 0 fully saturated rings. The molecule has 23 heavy (non-hydrogen) atoms. The van der Waals surface area contributed by atoms with Gasteiger partial charge in [-0.1, -0.05) is 84.0 Å². The Morgan fingerprint density at radius 3 is 1.39 bits per heavy atom. The van der Waals surface area contributed by atoms with E-state index in [0.717, 1.165) is 6.42 Å². The van der Waals surface area contributed by atoms with Crippen LogP contribution in [0.3, 0.4) is 0 Å². The van der Waals surface area contributed by atoms with Crippen molar-refractivity contribution in [3.63, 3.8) is 0 Å². The topological polar surface area (TPSA) is 57.5 Å². The monoisotopic (exact) mass is 348 g/mol. The zero-order valence-corrected chi connectivity index (χ0v) is 16.3. The summed E-state index contributed by atoms with van der Waals surface area (Å²) in [6, 6.07) is 0. The summed E-state index contributed by atoms with van der Waals surface area (Å²) >= 11 is 3.77. The molecule has 0 aromatic heterocycles. The summed E-state index contributed by atoms with van der Waals surface area (Å²) in [4.78, 5) is 10.6. The average Bonchev–Trinajstić information content (AvgIpc) is 2.52. The molecule has 0 rings (SSSR count). The third-order valence-corrected chi connectivity index (χ3v) is 3.98. The van der Waals surface area contributed by atoms with Gasteiger partial charge in [0.05, 0.1) is 12.7 Å². The molecule has 140 valence electrons. The van der Waals surface area contributed by atoms with Gasteiger partial charge in [0.25, 0.3) is 0 Å². The van der Waals surface area contributed by atoms with Gasteiger partial charge in [0.15, 0.2) is 5.12 Å². The van der Waals surface area contributed by atoms with Crippen LogP contribution in [-0.4, -0.2) is 28.0 Å². The fourth-order valence-electron chi connectivity index (χ4n) is 2.29. The molecule has 2 N–H and O–H groups in total. The Balaban J connectivity index is 0. The Hall–Kier alpha value is -0.0600. The number of hydrogen-bond donors (Lipinski definition) is 3. The molecule has 0 aliphatic rings. The number of carbonyl (C=O) groups excluding carboxylic acids is 1. The summed E-state index contributed by atoms with van der Waals surface area (Å²) in [6.07, 6.45) is 17.6. The largest absolute Gasteiger partial charge is 0.394 e. The first kappa shape index (κ1) is 25.2. The van der Waals surface area contributed by atoms with E-state index in [1.807, 2.05) is 0 Å². The van der Waals surface area contributed by atoms with Gasteiger partial charge >= 0.3 is 0 Å². The molecule has 0 aliphatic carbocycles. The van der Waals surface area contributed by atoms with Crippen molar-refractivity contribution in [2.24, 2.45) is 0 Å². The van der Waals surface area contributed by atoms with Crippen LogP contribution in [0.4, 0.5) is 0 Å². The fourth-order valence-corrected chi connectivity index (χ4v) is 2.45. The number of aliphatic hydroxyl groups is 2. The van der Waals surface area contributed by atoms with Crippen LogP contribution in [0.2, 0.25) is 0 Å². The van der Waals surface area contributed by atoms with Crippen LogP contribution >= 0.6 is 12.6 Å². The van der Waals surface area contributed by atoms with Crippen molar-refractivity contribution in [1.29, 1.82) is 0 Å². The number of rotatable bonds is 15. The van der Waals surface area contributed by atoms with E-state index >= 15 is 0 Å². The normalized spacial score (nSPS) is 11.7. The standard InChI is InChI=1S/C16H32OS.C3H8O2/c1-2-3-4-5-6-7-8-9-10-11-12-13-14-15-16(17)18;1-3(5)2-4/h2-15H2,1H3,(H,17,18);3-5H,2H2,1H3. The van der Waals surface area contributed by atoms with Gasteiger partial charge in [0.2, 0.25) is 0 Å². The Morgan fingerprint density at radius 2 is 1.13 bits per heavy atom. The van der Waals surface area contributed by atoms with Gasteiger partial charge in [-0.25, -0.2) is 0 Å². The highest BCUT2D eigenvalue weighted by atomic mass is 32.1. The fraction of sp³-hybridized carbons (Fsp3) is 0.947. The van der Waals surface area contributed by atoms with Gasteiger partial charge in [0, 0.05) is 6.42 Å². The minimum Gasteiger partial charge on any atom is -0.394 e. The van der Waals surface area contributed by atoms with Crippen LogP contribution in [0, 0.1) is 0 Å². The van der Waals surface area contributed by atoms with Crippen molar-refractivity contribution in [2.45, 2.75) is 110 Å². The van der Waals surface area contributed by atoms with Crippen LogP contribution in [0.15, 0.2) is 0 Å². The summed E-state index contributed by atoms with van der Waals surface area (Å²) in [6.45, 7) is 3.66. The lowest BCUT2D eigenvalue weighted by Gasteiger charge is -2.02. The highest BCUT2D eigenvalue weighted by Gasteiger charge is 1.95. The van der Waals surface area contributed by atoms with Gasteiger partial charge in [-0.15, -0.1) is 12.6 Å². The number of aliphatic hydroxyl groups excluding tert-OH is 2. The van der Waals surface area contributed by atoms with Crippen LogP contribution in [0.25, 0.3) is 0 Å². The van der Waals surface area contributed by atoms with Gasteiger partial charge in [-0.3, -0.25) is 4.79 Å². The number of hydrogen-bond acceptors (Lipinski definition) is 3. The second kappa shape index (κ2) is 21.9. The highest BCUT2D eigenvalue weighted by Crippen LogP contribution is 2.13. The molecule has 0 amide bonds. The first-order valence-corrected chi connectivity index (χ1v) is 10.00. The minimum atomic E-state index is -0.560. The predicted octanol–water partition coefficient (Wildman–Crippen LogP) is 5.28. The van der Waals surface area contributed by atoms with E-state index in [-0.39, 0.29) is 11.7 Å². The van der Waals surface area contributed by atoms with Crippen LogP contribution < -0.4 is 0 Å². The number of carbonyl (C=O) groups is 1. The molecule has 3 nitrogen and oxygen atoms in total. The molecule has 0 radical (unpaired) electrons. The maximum atomic E-state index is 10.6. The van der Waals surface area contributed by atoms with E-state index in [2.05, 4.69) is 19.6 Å². The lowest BCUT2D eigenvalue weighted by Crippen LogP contribution is -2.03. The van der Waals surface area contributed by atoms with E-state index < -0.39 is 6.10 Å². The average molecular weight is 349 g/mol. The number of unbranched alkanes of at least 4 members (excludes halogenated alkanes) is 12. The summed E-state index contributed by atoms with van der Waals surface area (Å²) < 4.78 is 0. The molecule has 0 aromatic carbocycles. The molecule has 0 spiro atoms. The molecule has 4 heteroatoms. The molecular weight excluding hydrogens is 308 g/mol. The lowest BCUT2D eigenvalue weighted by molar-refractivity contribution is -0.110. The second-order valence-electron chi connectivity index (χ2n) is 6.42. The Kier molecular flexibility index (Phi) is 24.0. The maximum absolute atomic E-state index is 10.6. The van der Waals surface area contributed by atoms with Crippen molar-refractivity contribution in [3.8, 4) is 0 Å². The molecule has 0 saturated carbocycles. The van der Waals surface area contributed by atoms with E-state index in [1.54, 1.807) is 0 Å². The van der Waals surface area contributed by atoms with Gasteiger partial charge < -0.3 is 10.2 Å². The molecule has 0 saturated heterocycles. The molecule has 0 bridgehead atoms. The van der Waals surface area contributed by atoms with Crippen molar-refractivity contribution >= 4 is 17.7 Å². The second-order valence-corrected chi connectivity index (χ2v) is 6.92. The smallest absolute Gasteiger partial charge is 0.185 e. The lowest BCUT2D eigenvalue weighted by atomic mass is 10.0. The van der Waals surface area contributed by atoms with E-state index in [1.165, 1.54) is 84.0 Å². The van der Waals surface area contributed by atoms with Crippen molar-refractivity contribution in [3.05, 3.63) is 0 Å². The zero-order chi connectivity index (χ0) is 17.8. The minimum absolute atomic E-state index is 0.0399. The molecule has 0 heterocycles. The summed E-state index contributed by atoms with van der Waals surface area (Å²) in [5.41, 5.74) is 0. The Bertz CT molecular complexity index is 233. The van der Waals surface area contributed by atoms with Crippen LogP contribution in [-0.2, 0) is 4.79 Å². The van der Waals surface area contributed by atoms with Crippen LogP contribution in [0.5, 0.6) is 0 Å². The first-order valence-electron chi connectivity index (χ1n) is 9.55. The third kappa shape index (κ3) is 30.4. The van der Waals surface area contributed by atoms with Crippen molar-refractivity contribution < 1.29 is 15.0 Å². The van der Waals surface area contributed by atoms with E-state index in [9.17, 15) is 4.79 Å². The third-order valence-electron chi connectivity index (χ3n) is 3.76. The maximum Gasteiger partial charge on any atom is 0.185 e. The predicted molar refractivity (Wildman–Crippen MR) is 103 cm³/mol. The summed E-state index contributed by atoms with van der Waals surface area (Å²) in [5, 5.41) is 16.0. The molecule has 1 unspecified atom stereocenters. The quantitative estimate of drug-likeness (QED) is 0.279. The Morgan fingerprint density at radius 1 is 0.826 bits per heavy atom. The van der Waals surface area contributed by atoms with E-state index in [4.69, 9.17) is 10.2 Å². The molecule has 0 aromatic rings. The number of thiol groups is 1. The van der Waals surface area contributed by atoms with Crippen LogP contribution in [0.1, 0.15) is 104 Å². The van der Waals surface area contributed by atoms with Gasteiger partial charge in [-0.2, -0.15) is 0 Å². The van der Waals surface area contributed by atoms with E-state index in [0.29, 0.717) is 6.42 Å². The molecule has 0 aliphatic heterocycles. The van der Waals surface area contributed by atoms with Gasteiger partial charge in [0.1, 0.15) is 0 Å². The first-order chi connectivity index (χ1) is 11.0. The van der Waals surface area contributed by atoms with Gasteiger partial charge in [-0.05, 0) is 13.3 Å².